The molecule has 2 aliphatic rings. The van der Waals surface area contributed by atoms with Gasteiger partial charge in [-0.05, 0) is 31.2 Å². The average molecular weight is 386 g/mol. The zero-order chi connectivity index (χ0) is 20.1. The molecule has 2 amide bonds. The van der Waals surface area contributed by atoms with Gasteiger partial charge in [-0.3, -0.25) is 14.4 Å². The highest BCUT2D eigenvalue weighted by Gasteiger charge is 2.41. The van der Waals surface area contributed by atoms with E-state index in [2.05, 4.69) is 5.32 Å². The second-order valence-electron chi connectivity index (χ2n) is 8.20. The minimum absolute atomic E-state index is 0.0821. The van der Waals surface area contributed by atoms with Crippen LogP contribution in [0.15, 0.2) is 30.3 Å². The molecule has 1 aromatic rings. The summed E-state index contributed by atoms with van der Waals surface area (Å²) in [4.78, 5) is 38.5. The Bertz CT molecular complexity index is 700. The van der Waals surface area contributed by atoms with Gasteiger partial charge < -0.3 is 15.3 Å². The van der Waals surface area contributed by atoms with E-state index in [1.165, 1.54) is 19.3 Å². The first-order chi connectivity index (χ1) is 13.5. The summed E-state index contributed by atoms with van der Waals surface area (Å²) >= 11 is 0. The molecule has 1 saturated carbocycles. The van der Waals surface area contributed by atoms with Crippen LogP contribution in [-0.2, 0) is 14.4 Å². The van der Waals surface area contributed by atoms with Gasteiger partial charge in [-0.2, -0.15) is 0 Å². The van der Waals surface area contributed by atoms with Crippen LogP contribution in [-0.4, -0.2) is 46.9 Å². The number of aliphatic carboxylic acids is 1. The molecule has 152 valence electrons. The van der Waals surface area contributed by atoms with Crippen LogP contribution in [0.4, 0.5) is 0 Å². The normalized spacial score (nSPS) is 24.0. The van der Waals surface area contributed by atoms with Crippen molar-refractivity contribution in [3.63, 3.8) is 0 Å². The molecule has 1 unspecified atom stereocenters. The third kappa shape index (κ3) is 4.91. The highest BCUT2D eigenvalue weighted by Crippen LogP contribution is 2.33. The molecule has 1 heterocycles. The van der Waals surface area contributed by atoms with Gasteiger partial charge in [0.1, 0.15) is 6.04 Å². The summed E-state index contributed by atoms with van der Waals surface area (Å²) < 4.78 is 0. The predicted octanol–water partition coefficient (Wildman–Crippen LogP) is 2.79. The van der Waals surface area contributed by atoms with Gasteiger partial charge in [0, 0.05) is 25.4 Å². The maximum Gasteiger partial charge on any atom is 0.308 e. The number of hydrogen-bond donors (Lipinski definition) is 2. The zero-order valence-electron chi connectivity index (χ0n) is 16.5. The van der Waals surface area contributed by atoms with Crippen molar-refractivity contribution in [2.45, 2.75) is 57.4 Å². The lowest BCUT2D eigenvalue weighted by molar-refractivity contribution is -0.142. The molecule has 1 aromatic carbocycles. The average Bonchev–Trinajstić information content (AvgIpc) is 3.14. The van der Waals surface area contributed by atoms with Gasteiger partial charge >= 0.3 is 5.97 Å². The second kappa shape index (κ2) is 9.22. The van der Waals surface area contributed by atoms with Crippen LogP contribution in [0.3, 0.4) is 0 Å². The Balaban J connectivity index is 1.58. The van der Waals surface area contributed by atoms with E-state index in [-0.39, 0.29) is 24.3 Å². The molecular formula is C22H30N2O4. The molecule has 1 aliphatic carbocycles. The van der Waals surface area contributed by atoms with E-state index < -0.39 is 17.9 Å². The number of carbonyl (C=O) groups is 3. The number of carbonyl (C=O) groups excluding carboxylic acids is 2. The number of likely N-dealkylation sites (tertiary alicyclic amines) is 1. The molecule has 3 atom stereocenters. The largest absolute Gasteiger partial charge is 0.481 e. The lowest BCUT2D eigenvalue weighted by atomic mass is 9.87. The Morgan fingerprint density at radius 1 is 1.11 bits per heavy atom. The van der Waals surface area contributed by atoms with Gasteiger partial charge in [0.25, 0.3) is 0 Å². The molecule has 6 nitrogen and oxygen atoms in total. The van der Waals surface area contributed by atoms with Crippen LogP contribution in [0, 0.1) is 11.8 Å². The minimum Gasteiger partial charge on any atom is -0.481 e. The topological polar surface area (TPSA) is 86.7 Å². The Hall–Kier alpha value is -2.37. The molecule has 2 fully saturated rings. The summed E-state index contributed by atoms with van der Waals surface area (Å²) in [5, 5.41) is 12.4. The van der Waals surface area contributed by atoms with Crippen molar-refractivity contribution in [1.82, 2.24) is 10.2 Å². The SMILES string of the molecule is CC(NC(=O)CC1CCCCC1)C(=O)N1C[C@H](C(=O)O)[C@H](c2ccccc2)C1. The molecule has 0 bridgehead atoms. The van der Waals surface area contributed by atoms with Crippen LogP contribution in [0.25, 0.3) is 0 Å². The molecule has 0 spiro atoms. The van der Waals surface area contributed by atoms with Crippen LogP contribution < -0.4 is 5.32 Å². The van der Waals surface area contributed by atoms with Gasteiger partial charge in [0.05, 0.1) is 5.92 Å². The summed E-state index contributed by atoms with van der Waals surface area (Å²) in [6, 6.07) is 8.83. The van der Waals surface area contributed by atoms with E-state index in [9.17, 15) is 19.5 Å². The van der Waals surface area contributed by atoms with Crippen molar-refractivity contribution in [3.8, 4) is 0 Å². The first kappa shape index (κ1) is 20.4. The third-order valence-electron chi connectivity index (χ3n) is 6.12. The first-order valence-electron chi connectivity index (χ1n) is 10.3. The fourth-order valence-electron chi connectivity index (χ4n) is 4.56. The molecule has 3 rings (SSSR count). The quantitative estimate of drug-likeness (QED) is 0.787. The van der Waals surface area contributed by atoms with E-state index in [0.717, 1.165) is 18.4 Å². The lowest BCUT2D eigenvalue weighted by Crippen LogP contribution is -2.46. The molecule has 6 heteroatoms. The zero-order valence-corrected chi connectivity index (χ0v) is 16.5. The van der Waals surface area contributed by atoms with Crippen LogP contribution in [0.2, 0.25) is 0 Å². The smallest absolute Gasteiger partial charge is 0.308 e. The minimum atomic E-state index is -0.891. The van der Waals surface area contributed by atoms with Crippen LogP contribution in [0.1, 0.15) is 56.9 Å². The van der Waals surface area contributed by atoms with Gasteiger partial charge in [-0.1, -0.05) is 49.6 Å². The molecule has 1 saturated heterocycles. The standard InChI is InChI=1S/C22H30N2O4/c1-15(23-20(25)12-16-8-4-2-5-9-16)21(26)24-13-18(19(14-24)22(27)28)17-10-6-3-7-11-17/h3,6-7,10-11,15-16,18-19H,2,4-5,8-9,12-14H2,1H3,(H,23,25)(H,27,28)/t15?,18-,19-/m0/s1. The fourth-order valence-corrected chi connectivity index (χ4v) is 4.56. The number of hydrogen-bond acceptors (Lipinski definition) is 3. The number of benzene rings is 1. The van der Waals surface area contributed by atoms with Gasteiger partial charge in [-0.25, -0.2) is 0 Å². The predicted molar refractivity (Wildman–Crippen MR) is 106 cm³/mol. The van der Waals surface area contributed by atoms with Crippen LogP contribution in [0.5, 0.6) is 0 Å². The van der Waals surface area contributed by atoms with Gasteiger partial charge in [-0.15, -0.1) is 0 Å². The summed E-state index contributed by atoms with van der Waals surface area (Å²) in [6.07, 6.45) is 6.24. The van der Waals surface area contributed by atoms with Gasteiger partial charge in [0.2, 0.25) is 11.8 Å². The summed E-state index contributed by atoms with van der Waals surface area (Å²) in [7, 11) is 0. The molecule has 0 aromatic heterocycles. The summed E-state index contributed by atoms with van der Waals surface area (Å²) in [5.41, 5.74) is 0.930. The van der Waals surface area contributed by atoms with Gasteiger partial charge in [0.15, 0.2) is 0 Å². The maximum atomic E-state index is 12.8. The highest BCUT2D eigenvalue weighted by molar-refractivity contribution is 5.88. The molecular weight excluding hydrogens is 356 g/mol. The Labute approximate surface area is 166 Å². The van der Waals surface area contributed by atoms with E-state index in [0.29, 0.717) is 18.9 Å². The Kier molecular flexibility index (Phi) is 6.70. The molecule has 1 aliphatic heterocycles. The van der Waals surface area contributed by atoms with E-state index in [1.807, 2.05) is 30.3 Å². The first-order valence-corrected chi connectivity index (χ1v) is 10.3. The van der Waals surface area contributed by atoms with Crippen molar-refractivity contribution in [3.05, 3.63) is 35.9 Å². The molecule has 0 radical (unpaired) electrons. The lowest BCUT2D eigenvalue weighted by Gasteiger charge is -2.24. The number of carboxylic acids is 1. The number of carboxylic acid groups (broad SMARTS) is 1. The van der Waals surface area contributed by atoms with Crippen molar-refractivity contribution in [2.24, 2.45) is 11.8 Å². The van der Waals surface area contributed by atoms with E-state index in [1.54, 1.807) is 11.8 Å². The van der Waals surface area contributed by atoms with E-state index in [4.69, 9.17) is 0 Å². The number of nitrogens with one attached hydrogen (secondary N) is 1. The summed E-state index contributed by atoms with van der Waals surface area (Å²) in [6.45, 7) is 2.23. The maximum absolute atomic E-state index is 12.8. The number of rotatable bonds is 6. The number of amides is 2. The summed E-state index contributed by atoms with van der Waals surface area (Å²) in [5.74, 6) is -1.62. The second-order valence-corrected chi connectivity index (χ2v) is 8.20. The Morgan fingerprint density at radius 2 is 1.79 bits per heavy atom. The highest BCUT2D eigenvalue weighted by atomic mass is 16.4. The third-order valence-corrected chi connectivity index (χ3v) is 6.12. The van der Waals surface area contributed by atoms with Crippen molar-refractivity contribution in [2.75, 3.05) is 13.1 Å². The van der Waals surface area contributed by atoms with Crippen molar-refractivity contribution in [1.29, 1.82) is 0 Å². The molecule has 2 N–H and O–H groups in total. The number of nitrogens with zero attached hydrogens (tertiary/aromatic N) is 1. The van der Waals surface area contributed by atoms with Crippen LogP contribution >= 0.6 is 0 Å². The molecule has 28 heavy (non-hydrogen) atoms. The van der Waals surface area contributed by atoms with Crippen molar-refractivity contribution < 1.29 is 19.5 Å². The monoisotopic (exact) mass is 386 g/mol. The Morgan fingerprint density at radius 3 is 2.43 bits per heavy atom. The van der Waals surface area contributed by atoms with Crippen molar-refractivity contribution >= 4 is 17.8 Å². The van der Waals surface area contributed by atoms with E-state index >= 15 is 0 Å². The fraction of sp³-hybridized carbons (Fsp3) is 0.591.